The Morgan fingerprint density at radius 2 is 1.50 bits per heavy atom. The maximum absolute atomic E-state index is 12.2. The van der Waals surface area contributed by atoms with Gasteiger partial charge in [-0.05, 0) is 29.8 Å². The van der Waals surface area contributed by atoms with Crippen LogP contribution in [0, 0.1) is 0 Å². The average molecular weight is 398 g/mol. The van der Waals surface area contributed by atoms with Crippen LogP contribution in [0.3, 0.4) is 0 Å². The fraction of sp³-hybridized carbons (Fsp3) is 0.0500. The first-order valence-corrected chi connectivity index (χ1v) is 9.90. The summed E-state index contributed by atoms with van der Waals surface area (Å²) in [4.78, 5) is 12.1. The topological polar surface area (TPSA) is 105 Å². The Balaban J connectivity index is 1.64. The van der Waals surface area contributed by atoms with Crippen molar-refractivity contribution in [2.45, 2.75) is 5.75 Å². The number of phenols is 1. The van der Waals surface area contributed by atoms with Gasteiger partial charge < -0.3 is 19.9 Å². The molecule has 0 bridgehead atoms. The molecule has 3 aromatic carbocycles. The molecule has 8 heteroatoms. The largest absolute Gasteiger partial charge is 0.508 e. The van der Waals surface area contributed by atoms with Crippen LogP contribution < -0.4 is 14.8 Å². The zero-order chi connectivity index (χ0) is 20.0. The van der Waals surface area contributed by atoms with Gasteiger partial charge in [-0.1, -0.05) is 42.5 Å². The minimum Gasteiger partial charge on any atom is -0.508 e. The first kappa shape index (κ1) is 19.2. The van der Waals surface area contributed by atoms with Crippen LogP contribution in [0.25, 0.3) is 0 Å². The van der Waals surface area contributed by atoms with E-state index in [0.29, 0.717) is 16.9 Å². The number of hydrogen-bond donors (Lipinski definition) is 3. The van der Waals surface area contributed by atoms with Gasteiger partial charge in [-0.3, -0.25) is 0 Å². The molecule has 0 saturated carbocycles. The zero-order valence-corrected chi connectivity index (χ0v) is 15.5. The number of phenolic OH excluding ortho intramolecular Hbond substituents is 1. The fourth-order valence-electron chi connectivity index (χ4n) is 2.46. The highest BCUT2D eigenvalue weighted by Gasteiger charge is 2.14. The number of aromatic hydroxyl groups is 1. The second kappa shape index (κ2) is 8.45. The zero-order valence-electron chi connectivity index (χ0n) is 14.7. The standard InChI is InChI=1S/C20H18N2O5S/c23-18-10-4-8-16(12-18)21-20(24)22-17-9-5-11-19(13-17)27-28(25,26)14-15-6-2-1-3-7-15/h1-13,23H,14H2,(H2,21,22,24). The number of carbonyl (C=O) groups excluding carboxylic acids is 1. The first-order valence-electron chi connectivity index (χ1n) is 8.33. The normalized spacial score (nSPS) is 10.9. The number of anilines is 2. The van der Waals surface area contributed by atoms with Crippen LogP contribution in [0.5, 0.6) is 11.5 Å². The van der Waals surface area contributed by atoms with Gasteiger partial charge in [0.25, 0.3) is 0 Å². The van der Waals surface area contributed by atoms with Crippen molar-refractivity contribution in [3.63, 3.8) is 0 Å². The molecule has 0 fully saturated rings. The van der Waals surface area contributed by atoms with Gasteiger partial charge in [0.15, 0.2) is 0 Å². The average Bonchev–Trinajstić information content (AvgIpc) is 2.62. The van der Waals surface area contributed by atoms with Crippen molar-refractivity contribution in [3.8, 4) is 11.5 Å². The smallest absolute Gasteiger partial charge is 0.323 e. The molecule has 3 rings (SSSR count). The Morgan fingerprint density at radius 1 is 0.857 bits per heavy atom. The monoisotopic (exact) mass is 398 g/mol. The lowest BCUT2D eigenvalue weighted by Gasteiger charge is -2.10. The molecule has 0 spiro atoms. The number of carbonyl (C=O) groups is 1. The van der Waals surface area contributed by atoms with E-state index >= 15 is 0 Å². The number of urea groups is 1. The third-order valence-electron chi connectivity index (χ3n) is 3.61. The number of hydrogen-bond acceptors (Lipinski definition) is 5. The predicted molar refractivity (Wildman–Crippen MR) is 107 cm³/mol. The van der Waals surface area contributed by atoms with Crippen LogP contribution in [-0.2, 0) is 15.9 Å². The Morgan fingerprint density at radius 3 is 2.18 bits per heavy atom. The van der Waals surface area contributed by atoms with E-state index in [1.165, 1.54) is 24.3 Å². The summed E-state index contributed by atoms with van der Waals surface area (Å²) in [5, 5.41) is 14.6. The molecular weight excluding hydrogens is 380 g/mol. The van der Waals surface area contributed by atoms with Gasteiger partial charge in [0.05, 0.1) is 0 Å². The quantitative estimate of drug-likeness (QED) is 0.546. The molecule has 0 aliphatic rings. The molecule has 0 aromatic heterocycles. The SMILES string of the molecule is O=C(Nc1cccc(O)c1)Nc1cccc(OS(=O)(=O)Cc2ccccc2)c1. The van der Waals surface area contributed by atoms with E-state index in [9.17, 15) is 18.3 Å². The van der Waals surface area contributed by atoms with Crippen LogP contribution in [0.2, 0.25) is 0 Å². The third-order valence-corrected chi connectivity index (χ3v) is 4.74. The van der Waals surface area contributed by atoms with Crippen molar-refractivity contribution in [1.82, 2.24) is 0 Å². The van der Waals surface area contributed by atoms with E-state index in [2.05, 4.69) is 10.6 Å². The molecule has 0 heterocycles. The number of rotatable bonds is 6. The number of amides is 2. The van der Waals surface area contributed by atoms with Crippen molar-refractivity contribution < 1.29 is 22.5 Å². The molecule has 28 heavy (non-hydrogen) atoms. The Bertz CT molecular complexity index is 1070. The van der Waals surface area contributed by atoms with Gasteiger partial charge in [0.1, 0.15) is 17.3 Å². The minimum absolute atomic E-state index is 0.0248. The minimum atomic E-state index is -3.84. The van der Waals surface area contributed by atoms with Crippen molar-refractivity contribution >= 4 is 27.5 Å². The Hall–Kier alpha value is -3.52. The lowest BCUT2D eigenvalue weighted by molar-refractivity contribution is 0.262. The molecule has 2 amide bonds. The first-order chi connectivity index (χ1) is 13.4. The number of nitrogens with one attached hydrogen (secondary N) is 2. The Kier molecular flexibility index (Phi) is 5.81. The molecule has 0 radical (unpaired) electrons. The highest BCUT2D eigenvalue weighted by Crippen LogP contribution is 2.21. The summed E-state index contributed by atoms with van der Waals surface area (Å²) in [6.07, 6.45) is 0. The molecule has 3 aromatic rings. The molecule has 0 aliphatic heterocycles. The van der Waals surface area contributed by atoms with E-state index in [0.717, 1.165) is 0 Å². The second-order valence-electron chi connectivity index (χ2n) is 5.93. The summed E-state index contributed by atoms with van der Waals surface area (Å²) in [7, 11) is -3.84. The summed E-state index contributed by atoms with van der Waals surface area (Å²) >= 11 is 0. The van der Waals surface area contributed by atoms with Crippen molar-refractivity contribution in [3.05, 3.63) is 84.4 Å². The molecule has 0 atom stereocenters. The highest BCUT2D eigenvalue weighted by molar-refractivity contribution is 7.86. The van der Waals surface area contributed by atoms with E-state index in [4.69, 9.17) is 4.18 Å². The van der Waals surface area contributed by atoms with Crippen LogP contribution >= 0.6 is 0 Å². The summed E-state index contributed by atoms with van der Waals surface area (Å²) in [6.45, 7) is 0. The van der Waals surface area contributed by atoms with Crippen molar-refractivity contribution in [1.29, 1.82) is 0 Å². The summed E-state index contributed by atoms with van der Waals surface area (Å²) in [6, 6.07) is 20.3. The molecule has 0 aliphatic carbocycles. The van der Waals surface area contributed by atoms with E-state index in [1.54, 1.807) is 54.6 Å². The van der Waals surface area contributed by atoms with Crippen molar-refractivity contribution in [2.24, 2.45) is 0 Å². The maximum atomic E-state index is 12.2. The van der Waals surface area contributed by atoms with Crippen LogP contribution in [0.4, 0.5) is 16.2 Å². The lowest BCUT2D eigenvalue weighted by Crippen LogP contribution is -2.19. The van der Waals surface area contributed by atoms with Gasteiger partial charge in [-0.2, -0.15) is 8.42 Å². The third kappa shape index (κ3) is 5.75. The summed E-state index contributed by atoms with van der Waals surface area (Å²) in [5.74, 6) is -0.147. The van der Waals surface area contributed by atoms with E-state index < -0.39 is 16.1 Å². The number of benzene rings is 3. The summed E-state index contributed by atoms with van der Waals surface area (Å²) < 4.78 is 29.6. The van der Waals surface area contributed by atoms with Gasteiger partial charge in [0.2, 0.25) is 0 Å². The van der Waals surface area contributed by atoms with Crippen molar-refractivity contribution in [2.75, 3.05) is 10.6 Å². The van der Waals surface area contributed by atoms with Crippen LogP contribution in [0.15, 0.2) is 78.9 Å². The van der Waals surface area contributed by atoms with Gasteiger partial charge >= 0.3 is 16.1 Å². The fourth-order valence-corrected chi connectivity index (χ4v) is 3.51. The molecule has 7 nitrogen and oxygen atoms in total. The van der Waals surface area contributed by atoms with Gasteiger partial charge in [-0.25, -0.2) is 4.79 Å². The Labute approximate surface area is 162 Å². The molecule has 0 unspecified atom stereocenters. The van der Waals surface area contributed by atoms with Crippen LogP contribution in [-0.4, -0.2) is 19.6 Å². The highest BCUT2D eigenvalue weighted by atomic mass is 32.2. The van der Waals surface area contributed by atoms with Gasteiger partial charge in [0, 0.05) is 23.5 Å². The molecule has 0 saturated heterocycles. The van der Waals surface area contributed by atoms with E-state index in [-0.39, 0.29) is 17.3 Å². The molecule has 144 valence electrons. The molecular formula is C20H18N2O5S. The van der Waals surface area contributed by atoms with E-state index in [1.807, 2.05) is 0 Å². The van der Waals surface area contributed by atoms with Crippen LogP contribution in [0.1, 0.15) is 5.56 Å². The summed E-state index contributed by atoms with van der Waals surface area (Å²) in [5.41, 5.74) is 1.38. The predicted octanol–water partition coefficient (Wildman–Crippen LogP) is 3.95. The second-order valence-corrected chi connectivity index (χ2v) is 7.50. The molecule has 3 N–H and O–H groups in total. The maximum Gasteiger partial charge on any atom is 0.323 e. The lowest BCUT2D eigenvalue weighted by atomic mass is 10.2. The van der Waals surface area contributed by atoms with Gasteiger partial charge in [-0.15, -0.1) is 0 Å².